The molecule has 1 saturated heterocycles. The molecule has 1 aliphatic heterocycles. The van der Waals surface area contributed by atoms with Crippen molar-refractivity contribution in [1.82, 2.24) is 15.0 Å². The van der Waals surface area contributed by atoms with Crippen LogP contribution >= 0.6 is 11.6 Å². The molecule has 0 unspecified atom stereocenters. The van der Waals surface area contributed by atoms with Crippen LogP contribution in [0.25, 0.3) is 11.3 Å². The zero-order chi connectivity index (χ0) is 21.1. The number of hydrogen-bond acceptors (Lipinski definition) is 6. The molecule has 0 atom stereocenters. The number of hydrogen-bond donors (Lipinski definition) is 2. The van der Waals surface area contributed by atoms with Crippen molar-refractivity contribution in [3.8, 4) is 11.3 Å². The molecule has 162 valence electrons. The highest BCUT2D eigenvalue weighted by Gasteiger charge is 2.34. The van der Waals surface area contributed by atoms with E-state index in [-0.39, 0.29) is 32.5 Å². The first-order chi connectivity index (χ1) is 14.4. The fourth-order valence-corrected chi connectivity index (χ4v) is 4.31. The molecular formula is C21H26ClF2N5O. The van der Waals surface area contributed by atoms with Gasteiger partial charge in [0.2, 0.25) is 0 Å². The number of halogens is 3. The molecule has 2 fully saturated rings. The van der Waals surface area contributed by atoms with E-state index in [1.54, 1.807) is 24.7 Å². The molecule has 3 heterocycles. The lowest BCUT2D eigenvalue weighted by Gasteiger charge is -2.32. The predicted molar refractivity (Wildman–Crippen MR) is 113 cm³/mol. The second-order valence-corrected chi connectivity index (χ2v) is 8.59. The number of pyridine rings is 1. The van der Waals surface area contributed by atoms with Gasteiger partial charge in [0.05, 0.1) is 18.1 Å². The summed E-state index contributed by atoms with van der Waals surface area (Å²) in [6.45, 7) is 0.787. The summed E-state index contributed by atoms with van der Waals surface area (Å²) in [6.07, 6.45) is 8.58. The Morgan fingerprint density at radius 3 is 2.43 bits per heavy atom. The minimum Gasteiger partial charge on any atom is -0.396 e. The average molecular weight is 438 g/mol. The monoisotopic (exact) mass is 437 g/mol. The van der Waals surface area contributed by atoms with E-state index in [2.05, 4.69) is 20.3 Å². The summed E-state index contributed by atoms with van der Waals surface area (Å²) in [5.74, 6) is -1.60. The lowest BCUT2D eigenvalue weighted by Crippen LogP contribution is -2.39. The molecule has 6 nitrogen and oxygen atoms in total. The van der Waals surface area contributed by atoms with Crippen molar-refractivity contribution < 1.29 is 13.9 Å². The molecule has 1 saturated carbocycles. The maximum absolute atomic E-state index is 13.4. The molecule has 1 aliphatic carbocycles. The Morgan fingerprint density at radius 2 is 1.80 bits per heavy atom. The number of rotatable bonds is 5. The van der Waals surface area contributed by atoms with Crippen LogP contribution in [0.5, 0.6) is 0 Å². The Hall–Kier alpha value is -2.06. The van der Waals surface area contributed by atoms with Gasteiger partial charge >= 0.3 is 0 Å². The molecule has 9 heteroatoms. The topological polar surface area (TPSA) is 74.2 Å². The fourth-order valence-electron chi connectivity index (χ4n) is 4.15. The molecule has 4 rings (SSSR count). The van der Waals surface area contributed by atoms with Gasteiger partial charge in [-0.05, 0) is 37.7 Å². The van der Waals surface area contributed by atoms with Gasteiger partial charge in [-0.15, -0.1) is 0 Å². The molecule has 0 amide bonds. The number of nitrogens with one attached hydrogen (secondary N) is 1. The van der Waals surface area contributed by atoms with Crippen molar-refractivity contribution in [1.29, 1.82) is 0 Å². The quantitative estimate of drug-likeness (QED) is 0.676. The zero-order valence-electron chi connectivity index (χ0n) is 16.7. The third kappa shape index (κ3) is 4.98. The van der Waals surface area contributed by atoms with Crippen molar-refractivity contribution in [2.24, 2.45) is 5.92 Å². The molecular weight excluding hydrogens is 412 g/mol. The highest BCUT2D eigenvalue weighted by atomic mass is 35.5. The number of piperidine rings is 1. The van der Waals surface area contributed by atoms with Crippen molar-refractivity contribution in [2.75, 3.05) is 29.9 Å². The number of alkyl halides is 2. The summed E-state index contributed by atoms with van der Waals surface area (Å²) < 4.78 is 26.8. The van der Waals surface area contributed by atoms with Crippen LogP contribution in [0.15, 0.2) is 24.7 Å². The van der Waals surface area contributed by atoms with E-state index in [0.29, 0.717) is 28.6 Å². The first-order valence-corrected chi connectivity index (χ1v) is 10.8. The van der Waals surface area contributed by atoms with Crippen molar-refractivity contribution in [3.63, 3.8) is 0 Å². The van der Waals surface area contributed by atoms with Gasteiger partial charge in [-0.25, -0.2) is 18.7 Å². The second kappa shape index (κ2) is 8.98. The van der Waals surface area contributed by atoms with Crippen LogP contribution in [0.1, 0.15) is 38.5 Å². The Morgan fingerprint density at radius 1 is 1.07 bits per heavy atom. The normalized spacial score (nSPS) is 23.9. The molecule has 0 aromatic carbocycles. The van der Waals surface area contributed by atoms with Crippen LogP contribution < -0.4 is 10.2 Å². The standard InChI is InChI=1S/C21H26ClF2N5O/c22-19-9-17(28-15-3-1-14(13-30)2-4-15)16(10-26-19)18-11-27-20(12-25-18)29-7-5-21(23,24)6-8-29/h9-12,14-15,30H,1-8,13H2,(H,26,28). The molecule has 30 heavy (non-hydrogen) atoms. The Bertz CT molecular complexity index is 849. The van der Waals surface area contributed by atoms with E-state index < -0.39 is 5.92 Å². The average Bonchev–Trinajstić information content (AvgIpc) is 2.75. The lowest BCUT2D eigenvalue weighted by atomic mass is 9.86. The first-order valence-electron chi connectivity index (χ1n) is 10.4. The number of aliphatic hydroxyl groups excluding tert-OH is 1. The Kier molecular flexibility index (Phi) is 6.34. The minimum absolute atomic E-state index is 0.163. The molecule has 2 aliphatic rings. The van der Waals surface area contributed by atoms with Crippen molar-refractivity contribution in [3.05, 3.63) is 29.8 Å². The Labute approximate surface area is 179 Å². The molecule has 2 aromatic heterocycles. The molecule has 2 aromatic rings. The van der Waals surface area contributed by atoms with Gasteiger partial charge in [0.15, 0.2) is 0 Å². The minimum atomic E-state index is -2.59. The lowest BCUT2D eigenvalue weighted by molar-refractivity contribution is -0.0221. The van der Waals surface area contributed by atoms with E-state index in [9.17, 15) is 13.9 Å². The summed E-state index contributed by atoms with van der Waals surface area (Å²) in [5.41, 5.74) is 2.30. The molecule has 0 radical (unpaired) electrons. The summed E-state index contributed by atoms with van der Waals surface area (Å²) in [5, 5.41) is 13.3. The summed E-state index contributed by atoms with van der Waals surface area (Å²) >= 11 is 6.13. The van der Waals surface area contributed by atoms with E-state index in [1.165, 1.54) is 0 Å². The summed E-state index contributed by atoms with van der Waals surface area (Å²) in [4.78, 5) is 15.0. The smallest absolute Gasteiger partial charge is 0.251 e. The SMILES string of the molecule is OCC1CCC(Nc2cc(Cl)ncc2-c2cnc(N3CCC(F)(F)CC3)cn2)CC1. The molecule has 2 N–H and O–H groups in total. The molecule has 0 spiro atoms. The van der Waals surface area contributed by atoms with Crippen LogP contribution in [-0.4, -0.2) is 51.7 Å². The summed E-state index contributed by atoms with van der Waals surface area (Å²) in [7, 11) is 0. The number of anilines is 2. The number of aliphatic hydroxyl groups is 1. The third-order valence-corrected chi connectivity index (χ3v) is 6.27. The van der Waals surface area contributed by atoms with E-state index >= 15 is 0 Å². The summed E-state index contributed by atoms with van der Waals surface area (Å²) in [6, 6.07) is 2.09. The second-order valence-electron chi connectivity index (χ2n) is 8.20. The van der Waals surface area contributed by atoms with Gasteiger partial charge in [0.1, 0.15) is 11.0 Å². The largest absolute Gasteiger partial charge is 0.396 e. The van der Waals surface area contributed by atoms with E-state index in [0.717, 1.165) is 36.9 Å². The van der Waals surface area contributed by atoms with Crippen LogP contribution in [0.3, 0.4) is 0 Å². The first kappa shape index (κ1) is 21.2. The van der Waals surface area contributed by atoms with Gasteiger partial charge < -0.3 is 15.3 Å². The van der Waals surface area contributed by atoms with Gasteiger partial charge in [-0.2, -0.15) is 0 Å². The molecule has 0 bridgehead atoms. The van der Waals surface area contributed by atoms with E-state index in [4.69, 9.17) is 11.6 Å². The van der Waals surface area contributed by atoms with Crippen molar-refractivity contribution >= 4 is 23.1 Å². The van der Waals surface area contributed by atoms with Crippen LogP contribution in [-0.2, 0) is 0 Å². The third-order valence-electron chi connectivity index (χ3n) is 6.07. The highest BCUT2D eigenvalue weighted by Crippen LogP contribution is 2.33. The van der Waals surface area contributed by atoms with Crippen LogP contribution in [0, 0.1) is 5.92 Å². The van der Waals surface area contributed by atoms with Gasteiger partial charge in [0.25, 0.3) is 5.92 Å². The van der Waals surface area contributed by atoms with Crippen LogP contribution in [0.4, 0.5) is 20.3 Å². The van der Waals surface area contributed by atoms with Gasteiger partial charge in [-0.3, -0.25) is 4.98 Å². The highest BCUT2D eigenvalue weighted by molar-refractivity contribution is 6.29. The van der Waals surface area contributed by atoms with Crippen LogP contribution in [0.2, 0.25) is 5.15 Å². The maximum Gasteiger partial charge on any atom is 0.251 e. The maximum atomic E-state index is 13.4. The zero-order valence-corrected chi connectivity index (χ0v) is 17.5. The van der Waals surface area contributed by atoms with Gasteiger partial charge in [-0.1, -0.05) is 11.6 Å². The number of nitrogens with zero attached hydrogens (tertiary/aromatic N) is 4. The predicted octanol–water partition coefficient (Wildman–Crippen LogP) is 4.39. The Balaban J connectivity index is 1.48. The van der Waals surface area contributed by atoms with Crippen molar-refractivity contribution in [2.45, 2.75) is 50.5 Å². The fraction of sp³-hybridized carbons (Fsp3) is 0.571. The van der Waals surface area contributed by atoms with E-state index in [1.807, 2.05) is 4.90 Å². The van der Waals surface area contributed by atoms with Gasteiger partial charge in [0, 0.05) is 56.0 Å². The number of aromatic nitrogens is 3.